The van der Waals surface area contributed by atoms with Crippen molar-refractivity contribution in [2.45, 2.75) is 44.6 Å². The van der Waals surface area contributed by atoms with E-state index in [1.165, 1.54) is 0 Å². The molecule has 1 fully saturated rings. The van der Waals surface area contributed by atoms with E-state index in [2.05, 4.69) is 5.32 Å². The second kappa shape index (κ2) is 5.30. The second-order valence-electron chi connectivity index (χ2n) is 4.81. The standard InChI is InChI=1S/C11H21N3O2/c1-11(13)6-3-2-4-8(11)10(16)14-7-5-9(12)15/h8H,2-7,13H2,1H3,(H2,12,15)(H,14,16). The average Bonchev–Trinajstić information content (AvgIpc) is 2.16. The number of nitrogens with two attached hydrogens (primary N) is 2. The van der Waals surface area contributed by atoms with Gasteiger partial charge in [0.1, 0.15) is 0 Å². The zero-order chi connectivity index (χ0) is 12.2. The second-order valence-corrected chi connectivity index (χ2v) is 4.81. The molecule has 5 heteroatoms. The van der Waals surface area contributed by atoms with Crippen molar-refractivity contribution in [2.24, 2.45) is 17.4 Å². The molecule has 0 aromatic carbocycles. The number of carbonyl (C=O) groups excluding carboxylic acids is 2. The molecular weight excluding hydrogens is 206 g/mol. The lowest BCUT2D eigenvalue weighted by molar-refractivity contribution is -0.128. The summed E-state index contributed by atoms with van der Waals surface area (Å²) in [6.07, 6.45) is 4.01. The molecule has 0 saturated heterocycles. The molecule has 1 saturated carbocycles. The molecule has 0 bridgehead atoms. The molecule has 1 aliphatic carbocycles. The van der Waals surface area contributed by atoms with Crippen molar-refractivity contribution < 1.29 is 9.59 Å². The summed E-state index contributed by atoms with van der Waals surface area (Å²) in [5, 5.41) is 2.72. The van der Waals surface area contributed by atoms with Crippen LogP contribution in [0.15, 0.2) is 0 Å². The first-order valence-electron chi connectivity index (χ1n) is 5.78. The Morgan fingerprint density at radius 1 is 1.44 bits per heavy atom. The Morgan fingerprint density at radius 3 is 2.69 bits per heavy atom. The summed E-state index contributed by atoms with van der Waals surface area (Å²) in [6, 6.07) is 0. The van der Waals surface area contributed by atoms with Crippen molar-refractivity contribution >= 4 is 11.8 Å². The zero-order valence-electron chi connectivity index (χ0n) is 9.79. The lowest BCUT2D eigenvalue weighted by Crippen LogP contribution is -2.53. The van der Waals surface area contributed by atoms with Crippen molar-refractivity contribution in [3.05, 3.63) is 0 Å². The molecular formula is C11H21N3O2. The van der Waals surface area contributed by atoms with Crippen molar-refractivity contribution in [3.63, 3.8) is 0 Å². The maximum atomic E-state index is 11.9. The number of carbonyl (C=O) groups is 2. The molecule has 0 aromatic rings. The molecule has 0 aliphatic heterocycles. The van der Waals surface area contributed by atoms with Crippen LogP contribution in [0.25, 0.3) is 0 Å². The third-order valence-electron chi connectivity index (χ3n) is 3.24. The molecule has 5 nitrogen and oxygen atoms in total. The smallest absolute Gasteiger partial charge is 0.224 e. The molecule has 2 unspecified atom stereocenters. The molecule has 1 rings (SSSR count). The molecule has 92 valence electrons. The van der Waals surface area contributed by atoms with Crippen LogP contribution in [0.2, 0.25) is 0 Å². The van der Waals surface area contributed by atoms with E-state index in [4.69, 9.17) is 11.5 Å². The Bertz CT molecular complexity index is 276. The topological polar surface area (TPSA) is 98.2 Å². The number of amides is 2. The Hall–Kier alpha value is -1.10. The first kappa shape index (κ1) is 13.0. The molecule has 0 spiro atoms. The van der Waals surface area contributed by atoms with E-state index in [9.17, 15) is 9.59 Å². The van der Waals surface area contributed by atoms with E-state index in [0.29, 0.717) is 6.54 Å². The Kier molecular flexibility index (Phi) is 4.29. The first-order chi connectivity index (χ1) is 7.43. The number of hydrogen-bond acceptors (Lipinski definition) is 3. The minimum absolute atomic E-state index is 0.0500. The summed E-state index contributed by atoms with van der Waals surface area (Å²) in [4.78, 5) is 22.4. The monoisotopic (exact) mass is 227 g/mol. The van der Waals surface area contributed by atoms with E-state index in [1.54, 1.807) is 0 Å². The quantitative estimate of drug-likeness (QED) is 0.624. The minimum atomic E-state index is -0.422. The van der Waals surface area contributed by atoms with Gasteiger partial charge < -0.3 is 16.8 Å². The van der Waals surface area contributed by atoms with E-state index in [-0.39, 0.29) is 18.2 Å². The maximum Gasteiger partial charge on any atom is 0.224 e. The van der Waals surface area contributed by atoms with Crippen molar-refractivity contribution in [2.75, 3.05) is 6.54 Å². The average molecular weight is 227 g/mol. The zero-order valence-corrected chi connectivity index (χ0v) is 9.79. The largest absolute Gasteiger partial charge is 0.370 e. The van der Waals surface area contributed by atoms with Gasteiger partial charge in [-0.2, -0.15) is 0 Å². The SMILES string of the molecule is CC1(N)CCCCC1C(=O)NCCC(N)=O. The Labute approximate surface area is 95.9 Å². The number of primary amides is 1. The summed E-state index contributed by atoms with van der Waals surface area (Å²) in [6.45, 7) is 2.23. The van der Waals surface area contributed by atoms with Gasteiger partial charge in [0, 0.05) is 18.5 Å². The van der Waals surface area contributed by atoms with Crippen molar-refractivity contribution in [1.29, 1.82) is 0 Å². The normalized spacial score (nSPS) is 29.8. The Morgan fingerprint density at radius 2 is 2.12 bits per heavy atom. The van der Waals surface area contributed by atoms with Gasteiger partial charge in [-0.3, -0.25) is 9.59 Å². The van der Waals surface area contributed by atoms with Crippen LogP contribution in [0.3, 0.4) is 0 Å². The van der Waals surface area contributed by atoms with Gasteiger partial charge >= 0.3 is 0 Å². The number of hydrogen-bond donors (Lipinski definition) is 3. The molecule has 5 N–H and O–H groups in total. The summed E-state index contributed by atoms with van der Waals surface area (Å²) >= 11 is 0. The van der Waals surface area contributed by atoms with Gasteiger partial charge in [0.05, 0.1) is 5.92 Å². The summed E-state index contributed by atoms with van der Waals surface area (Å²) in [7, 11) is 0. The molecule has 0 radical (unpaired) electrons. The summed E-state index contributed by atoms with van der Waals surface area (Å²) in [5.74, 6) is -0.598. The van der Waals surface area contributed by atoms with E-state index >= 15 is 0 Å². The lowest BCUT2D eigenvalue weighted by atomic mass is 9.74. The van der Waals surface area contributed by atoms with Gasteiger partial charge in [0.15, 0.2) is 0 Å². The number of rotatable bonds is 4. The van der Waals surface area contributed by atoms with Crippen LogP contribution in [-0.2, 0) is 9.59 Å². The molecule has 0 heterocycles. The van der Waals surface area contributed by atoms with Crippen molar-refractivity contribution in [1.82, 2.24) is 5.32 Å². The third kappa shape index (κ3) is 3.48. The molecule has 2 amide bonds. The van der Waals surface area contributed by atoms with E-state index in [1.807, 2.05) is 6.92 Å². The van der Waals surface area contributed by atoms with E-state index < -0.39 is 11.4 Å². The van der Waals surface area contributed by atoms with Gasteiger partial charge in [-0.25, -0.2) is 0 Å². The maximum absolute atomic E-state index is 11.9. The highest BCUT2D eigenvalue weighted by Gasteiger charge is 2.37. The Balaban J connectivity index is 2.42. The van der Waals surface area contributed by atoms with Crippen LogP contribution in [-0.4, -0.2) is 23.9 Å². The number of nitrogens with one attached hydrogen (secondary N) is 1. The highest BCUT2D eigenvalue weighted by molar-refractivity contribution is 5.81. The third-order valence-corrected chi connectivity index (χ3v) is 3.24. The fraction of sp³-hybridized carbons (Fsp3) is 0.818. The fourth-order valence-electron chi connectivity index (χ4n) is 2.22. The summed E-state index contributed by atoms with van der Waals surface area (Å²) in [5.41, 5.74) is 10.7. The predicted octanol–water partition coefficient (Wildman–Crippen LogP) is -0.114. The van der Waals surface area contributed by atoms with E-state index in [0.717, 1.165) is 25.7 Å². The van der Waals surface area contributed by atoms with Gasteiger partial charge in [-0.05, 0) is 19.8 Å². The minimum Gasteiger partial charge on any atom is -0.370 e. The van der Waals surface area contributed by atoms with Gasteiger partial charge in [0.2, 0.25) is 11.8 Å². The lowest BCUT2D eigenvalue weighted by Gasteiger charge is -2.37. The van der Waals surface area contributed by atoms with Gasteiger partial charge in [-0.1, -0.05) is 12.8 Å². The van der Waals surface area contributed by atoms with Gasteiger partial charge in [-0.15, -0.1) is 0 Å². The van der Waals surface area contributed by atoms with Crippen molar-refractivity contribution in [3.8, 4) is 0 Å². The molecule has 2 atom stereocenters. The van der Waals surface area contributed by atoms with Crippen LogP contribution in [0, 0.1) is 5.92 Å². The summed E-state index contributed by atoms with van der Waals surface area (Å²) < 4.78 is 0. The van der Waals surface area contributed by atoms with Crippen LogP contribution in [0.5, 0.6) is 0 Å². The molecule has 0 aromatic heterocycles. The van der Waals surface area contributed by atoms with Crippen LogP contribution in [0.4, 0.5) is 0 Å². The highest BCUT2D eigenvalue weighted by Crippen LogP contribution is 2.31. The highest BCUT2D eigenvalue weighted by atomic mass is 16.2. The fourth-order valence-corrected chi connectivity index (χ4v) is 2.22. The van der Waals surface area contributed by atoms with Crippen LogP contribution < -0.4 is 16.8 Å². The van der Waals surface area contributed by atoms with Gasteiger partial charge in [0.25, 0.3) is 0 Å². The molecule has 16 heavy (non-hydrogen) atoms. The van der Waals surface area contributed by atoms with Crippen LogP contribution in [0.1, 0.15) is 39.0 Å². The van der Waals surface area contributed by atoms with Crippen LogP contribution >= 0.6 is 0 Å². The first-order valence-corrected chi connectivity index (χ1v) is 5.78. The predicted molar refractivity (Wildman–Crippen MR) is 61.4 cm³/mol. The molecule has 1 aliphatic rings.